The van der Waals surface area contributed by atoms with Gasteiger partial charge in [0.15, 0.2) is 16.9 Å². The van der Waals surface area contributed by atoms with Crippen molar-refractivity contribution in [1.82, 2.24) is 5.32 Å². The smallest absolute Gasteiger partial charge is 0.288 e. The van der Waals surface area contributed by atoms with E-state index in [1.165, 1.54) is 6.07 Å². The molecule has 2 N–H and O–H groups in total. The predicted molar refractivity (Wildman–Crippen MR) is 101 cm³/mol. The minimum absolute atomic E-state index is 0.00166. The highest BCUT2D eigenvalue weighted by Gasteiger charge is 2.36. The van der Waals surface area contributed by atoms with E-state index in [4.69, 9.17) is 9.15 Å². The first-order valence-corrected chi connectivity index (χ1v) is 8.75. The van der Waals surface area contributed by atoms with Crippen molar-refractivity contribution in [3.63, 3.8) is 0 Å². The van der Waals surface area contributed by atoms with Crippen molar-refractivity contribution in [2.45, 2.75) is 26.8 Å². The molecule has 0 radical (unpaired) electrons. The van der Waals surface area contributed by atoms with E-state index in [1.807, 2.05) is 26.8 Å². The summed E-state index contributed by atoms with van der Waals surface area (Å²) in [5, 5.41) is 13.2. The number of rotatable bonds is 3. The van der Waals surface area contributed by atoms with Gasteiger partial charge >= 0.3 is 0 Å². The van der Waals surface area contributed by atoms with Gasteiger partial charge in [0, 0.05) is 0 Å². The van der Waals surface area contributed by atoms with E-state index in [9.17, 15) is 14.7 Å². The summed E-state index contributed by atoms with van der Waals surface area (Å²) in [5.74, 6) is -0.0886. The Balaban J connectivity index is 1.94. The molecule has 1 aromatic heterocycles. The van der Waals surface area contributed by atoms with Crippen LogP contribution >= 0.6 is 0 Å². The van der Waals surface area contributed by atoms with Crippen molar-refractivity contribution >= 4 is 16.9 Å². The molecule has 27 heavy (non-hydrogen) atoms. The van der Waals surface area contributed by atoms with Gasteiger partial charge in [0.05, 0.1) is 23.6 Å². The fraction of sp³-hybridized carbons (Fsp3) is 0.238. The quantitative estimate of drug-likeness (QED) is 0.743. The lowest BCUT2D eigenvalue weighted by atomic mass is 9.97. The molecule has 0 aliphatic carbocycles. The van der Waals surface area contributed by atoms with Gasteiger partial charge in [0.25, 0.3) is 5.91 Å². The molecule has 2 heterocycles. The second kappa shape index (κ2) is 6.16. The van der Waals surface area contributed by atoms with Gasteiger partial charge in [-0.3, -0.25) is 9.59 Å². The van der Waals surface area contributed by atoms with Gasteiger partial charge in [-0.15, -0.1) is 0 Å². The molecular formula is C21H19NO5. The van der Waals surface area contributed by atoms with Gasteiger partial charge in [-0.2, -0.15) is 0 Å². The summed E-state index contributed by atoms with van der Waals surface area (Å²) in [7, 11) is 0. The number of carbonyl (C=O) groups is 1. The molecule has 3 aromatic rings. The number of benzene rings is 2. The van der Waals surface area contributed by atoms with E-state index in [0.29, 0.717) is 28.9 Å². The van der Waals surface area contributed by atoms with Gasteiger partial charge in [0.2, 0.25) is 5.76 Å². The number of ether oxygens (including phenoxy) is 1. The van der Waals surface area contributed by atoms with Crippen LogP contribution in [0.25, 0.3) is 11.0 Å². The van der Waals surface area contributed by atoms with Crippen LogP contribution in [-0.2, 0) is 0 Å². The number of hydrogen-bond acceptors (Lipinski definition) is 5. The van der Waals surface area contributed by atoms with Crippen LogP contribution in [0.5, 0.6) is 11.5 Å². The number of fused-ring (bicyclic) bond motifs is 2. The van der Waals surface area contributed by atoms with Crippen molar-refractivity contribution in [3.05, 3.63) is 68.6 Å². The van der Waals surface area contributed by atoms with Crippen LogP contribution in [0.15, 0.2) is 39.5 Å². The second-order valence-corrected chi connectivity index (χ2v) is 6.62. The SMILES string of the molecule is CCOc1cc(C2NC(=O)c3oc4c(C)c(C)ccc4c(=O)c32)ccc1O. The molecule has 0 bridgehead atoms. The number of phenolic OH excluding ortho intramolecular Hbond substituents is 1. The Morgan fingerprint density at radius 2 is 1.96 bits per heavy atom. The number of aryl methyl sites for hydroxylation is 2. The van der Waals surface area contributed by atoms with Crippen LogP contribution in [-0.4, -0.2) is 17.6 Å². The molecular weight excluding hydrogens is 346 g/mol. The van der Waals surface area contributed by atoms with Gasteiger partial charge in [0.1, 0.15) is 5.58 Å². The molecule has 1 atom stereocenters. The third-order valence-corrected chi connectivity index (χ3v) is 5.00. The monoisotopic (exact) mass is 365 g/mol. The number of amides is 1. The van der Waals surface area contributed by atoms with Crippen LogP contribution in [0, 0.1) is 13.8 Å². The first-order valence-electron chi connectivity index (χ1n) is 8.75. The van der Waals surface area contributed by atoms with Crippen LogP contribution in [0.1, 0.15) is 45.8 Å². The van der Waals surface area contributed by atoms with Gasteiger partial charge in [-0.1, -0.05) is 12.1 Å². The molecule has 0 fully saturated rings. The van der Waals surface area contributed by atoms with Gasteiger partial charge < -0.3 is 19.6 Å². The van der Waals surface area contributed by atoms with E-state index in [-0.39, 0.29) is 22.5 Å². The Labute approximate surface area is 155 Å². The topological polar surface area (TPSA) is 88.8 Å². The third-order valence-electron chi connectivity index (χ3n) is 5.00. The molecule has 1 aliphatic heterocycles. The average Bonchev–Trinajstić information content (AvgIpc) is 2.98. The fourth-order valence-electron chi connectivity index (χ4n) is 3.44. The Morgan fingerprint density at radius 1 is 1.19 bits per heavy atom. The first-order chi connectivity index (χ1) is 12.9. The molecule has 4 rings (SSSR count). The number of aromatic hydroxyl groups is 1. The van der Waals surface area contributed by atoms with E-state index in [0.717, 1.165) is 11.1 Å². The van der Waals surface area contributed by atoms with E-state index < -0.39 is 11.9 Å². The molecule has 0 spiro atoms. The van der Waals surface area contributed by atoms with Crippen molar-refractivity contribution in [2.24, 2.45) is 0 Å². The summed E-state index contributed by atoms with van der Waals surface area (Å²) in [6.07, 6.45) is 0. The van der Waals surface area contributed by atoms with E-state index >= 15 is 0 Å². The summed E-state index contributed by atoms with van der Waals surface area (Å²) < 4.78 is 11.3. The molecule has 0 saturated carbocycles. The standard InChI is InChI=1S/C21H19NO5/c1-4-26-15-9-12(6-8-14(15)23)17-16-18(24)13-7-5-10(2)11(3)19(13)27-20(16)21(25)22-17/h5-9,17,23H,4H2,1-3H3,(H,22,25). The summed E-state index contributed by atoms with van der Waals surface area (Å²) in [5.41, 5.74) is 2.95. The second-order valence-electron chi connectivity index (χ2n) is 6.62. The third kappa shape index (κ3) is 2.56. The van der Waals surface area contributed by atoms with Crippen molar-refractivity contribution in [3.8, 4) is 11.5 Å². The Morgan fingerprint density at radius 3 is 2.70 bits per heavy atom. The number of hydrogen-bond donors (Lipinski definition) is 2. The lowest BCUT2D eigenvalue weighted by Gasteiger charge is -2.14. The Bertz CT molecular complexity index is 1150. The van der Waals surface area contributed by atoms with Crippen LogP contribution in [0.4, 0.5) is 0 Å². The highest BCUT2D eigenvalue weighted by atomic mass is 16.5. The molecule has 0 saturated heterocycles. The number of nitrogens with one attached hydrogen (secondary N) is 1. The lowest BCUT2D eigenvalue weighted by molar-refractivity contribution is 0.0937. The summed E-state index contributed by atoms with van der Waals surface area (Å²) in [6.45, 7) is 5.99. The molecule has 1 unspecified atom stereocenters. The highest BCUT2D eigenvalue weighted by molar-refractivity contribution is 5.99. The molecule has 1 aliphatic rings. The van der Waals surface area contributed by atoms with E-state index in [2.05, 4.69) is 5.32 Å². The number of carbonyl (C=O) groups excluding carboxylic acids is 1. The van der Waals surface area contributed by atoms with Gasteiger partial charge in [-0.25, -0.2) is 0 Å². The predicted octanol–water partition coefficient (Wildman–Crippen LogP) is 3.35. The summed E-state index contributed by atoms with van der Waals surface area (Å²) in [6, 6.07) is 7.71. The molecule has 6 heteroatoms. The Hall–Kier alpha value is -3.28. The zero-order chi connectivity index (χ0) is 19.3. The fourth-order valence-corrected chi connectivity index (χ4v) is 3.44. The lowest BCUT2D eigenvalue weighted by Crippen LogP contribution is -2.22. The molecule has 138 valence electrons. The summed E-state index contributed by atoms with van der Waals surface area (Å²) >= 11 is 0. The maximum absolute atomic E-state index is 13.2. The van der Waals surface area contributed by atoms with Crippen molar-refractivity contribution in [2.75, 3.05) is 6.61 Å². The normalized spacial score (nSPS) is 15.7. The maximum atomic E-state index is 13.2. The van der Waals surface area contributed by atoms with Crippen molar-refractivity contribution in [1.29, 1.82) is 0 Å². The zero-order valence-electron chi connectivity index (χ0n) is 15.3. The highest BCUT2D eigenvalue weighted by Crippen LogP contribution is 2.36. The Kier molecular flexibility index (Phi) is 3.91. The average molecular weight is 365 g/mol. The minimum atomic E-state index is -0.658. The zero-order valence-corrected chi connectivity index (χ0v) is 15.3. The van der Waals surface area contributed by atoms with E-state index in [1.54, 1.807) is 18.2 Å². The molecule has 1 amide bonds. The molecule has 2 aromatic carbocycles. The summed E-state index contributed by atoms with van der Waals surface area (Å²) in [4.78, 5) is 25.7. The minimum Gasteiger partial charge on any atom is -0.504 e. The van der Waals surface area contributed by atoms with Crippen LogP contribution in [0.3, 0.4) is 0 Å². The maximum Gasteiger partial charge on any atom is 0.288 e. The molecule has 6 nitrogen and oxygen atoms in total. The van der Waals surface area contributed by atoms with Crippen LogP contribution < -0.4 is 15.5 Å². The van der Waals surface area contributed by atoms with Crippen LogP contribution in [0.2, 0.25) is 0 Å². The number of phenols is 1. The first kappa shape index (κ1) is 17.1. The largest absolute Gasteiger partial charge is 0.504 e. The van der Waals surface area contributed by atoms with Gasteiger partial charge in [-0.05, 0) is 55.7 Å². The van der Waals surface area contributed by atoms with Crippen molar-refractivity contribution < 1.29 is 19.1 Å².